The van der Waals surface area contributed by atoms with Crippen LogP contribution in [0, 0.1) is 0 Å². The SMILES string of the molecule is Nc1ccccc1CCc1nc(C2CSCCO2)no1. The Labute approximate surface area is 121 Å². The van der Waals surface area contributed by atoms with E-state index in [1.807, 2.05) is 36.0 Å². The van der Waals surface area contributed by atoms with Crippen molar-refractivity contribution in [2.45, 2.75) is 18.9 Å². The van der Waals surface area contributed by atoms with Gasteiger partial charge in [0.2, 0.25) is 11.7 Å². The lowest BCUT2D eigenvalue weighted by atomic mass is 10.1. The minimum atomic E-state index is -0.0342. The normalized spacial score (nSPS) is 19.1. The molecule has 1 aromatic heterocycles. The van der Waals surface area contributed by atoms with Crippen molar-refractivity contribution in [3.8, 4) is 0 Å². The second-order valence-corrected chi connectivity index (χ2v) is 5.83. The number of aryl methyl sites for hydroxylation is 2. The molecule has 0 bridgehead atoms. The standard InChI is InChI=1S/C14H17N3O2S/c15-11-4-2-1-3-10(11)5-6-13-16-14(17-19-13)12-9-20-8-7-18-12/h1-4,12H,5-9,15H2. The molecular weight excluding hydrogens is 274 g/mol. The molecule has 1 aliphatic heterocycles. The molecule has 2 heterocycles. The van der Waals surface area contributed by atoms with Gasteiger partial charge in [-0.3, -0.25) is 0 Å². The van der Waals surface area contributed by atoms with Crippen LogP contribution in [0.3, 0.4) is 0 Å². The van der Waals surface area contributed by atoms with Crippen molar-refractivity contribution in [2.75, 3.05) is 23.8 Å². The van der Waals surface area contributed by atoms with E-state index >= 15 is 0 Å². The minimum Gasteiger partial charge on any atom is -0.399 e. The summed E-state index contributed by atoms with van der Waals surface area (Å²) in [5, 5.41) is 4.02. The molecule has 106 valence electrons. The van der Waals surface area contributed by atoms with Crippen LogP contribution in [0.15, 0.2) is 28.8 Å². The molecule has 0 aliphatic carbocycles. The van der Waals surface area contributed by atoms with Gasteiger partial charge in [0.15, 0.2) is 0 Å². The number of nitrogens with two attached hydrogens (primary N) is 1. The summed E-state index contributed by atoms with van der Waals surface area (Å²) >= 11 is 1.86. The number of thioether (sulfide) groups is 1. The molecule has 0 saturated carbocycles. The third-order valence-electron chi connectivity index (χ3n) is 3.25. The molecule has 5 nitrogen and oxygen atoms in total. The van der Waals surface area contributed by atoms with Crippen LogP contribution in [0.2, 0.25) is 0 Å². The quantitative estimate of drug-likeness (QED) is 0.871. The first-order valence-electron chi connectivity index (χ1n) is 6.68. The van der Waals surface area contributed by atoms with E-state index in [0.29, 0.717) is 18.1 Å². The molecule has 3 rings (SSSR count). The van der Waals surface area contributed by atoms with Gasteiger partial charge in [0.1, 0.15) is 6.10 Å². The largest absolute Gasteiger partial charge is 0.399 e. The Morgan fingerprint density at radius 2 is 2.20 bits per heavy atom. The van der Waals surface area contributed by atoms with Crippen LogP contribution in [0.5, 0.6) is 0 Å². The molecule has 2 N–H and O–H groups in total. The number of nitrogens with zero attached hydrogens (tertiary/aromatic N) is 2. The lowest BCUT2D eigenvalue weighted by molar-refractivity contribution is 0.0677. The molecule has 2 aromatic rings. The second kappa shape index (κ2) is 6.28. The van der Waals surface area contributed by atoms with Gasteiger partial charge in [0, 0.05) is 23.6 Å². The van der Waals surface area contributed by atoms with E-state index < -0.39 is 0 Å². The van der Waals surface area contributed by atoms with Crippen LogP contribution >= 0.6 is 11.8 Å². The summed E-state index contributed by atoms with van der Waals surface area (Å²) in [5.41, 5.74) is 7.83. The Kier molecular flexibility index (Phi) is 4.22. The van der Waals surface area contributed by atoms with Crippen molar-refractivity contribution in [1.82, 2.24) is 10.1 Å². The van der Waals surface area contributed by atoms with Crippen LogP contribution in [0.25, 0.3) is 0 Å². The van der Waals surface area contributed by atoms with Crippen molar-refractivity contribution in [1.29, 1.82) is 0 Å². The molecule has 1 unspecified atom stereocenters. The van der Waals surface area contributed by atoms with E-state index in [0.717, 1.165) is 35.8 Å². The third-order valence-corrected chi connectivity index (χ3v) is 4.24. The minimum absolute atomic E-state index is 0.0342. The van der Waals surface area contributed by atoms with Gasteiger partial charge in [-0.25, -0.2) is 0 Å². The number of hydrogen-bond acceptors (Lipinski definition) is 6. The first-order chi connectivity index (χ1) is 9.83. The molecular formula is C14H17N3O2S. The predicted octanol–water partition coefficient (Wildman–Crippen LogP) is 2.24. The molecule has 6 heteroatoms. The summed E-state index contributed by atoms with van der Waals surface area (Å²) in [6.07, 6.45) is 1.46. The average Bonchev–Trinajstić information content (AvgIpc) is 2.96. The van der Waals surface area contributed by atoms with Crippen molar-refractivity contribution >= 4 is 17.4 Å². The highest BCUT2D eigenvalue weighted by Crippen LogP contribution is 2.24. The lowest BCUT2D eigenvalue weighted by Gasteiger charge is -2.18. The van der Waals surface area contributed by atoms with Gasteiger partial charge in [0.25, 0.3) is 0 Å². The first-order valence-corrected chi connectivity index (χ1v) is 7.83. The predicted molar refractivity (Wildman–Crippen MR) is 78.6 cm³/mol. The molecule has 0 radical (unpaired) electrons. The summed E-state index contributed by atoms with van der Waals surface area (Å²) in [7, 11) is 0. The van der Waals surface area contributed by atoms with Crippen LogP contribution in [0.1, 0.15) is 23.4 Å². The second-order valence-electron chi connectivity index (χ2n) is 4.68. The summed E-state index contributed by atoms with van der Waals surface area (Å²) < 4.78 is 10.9. The molecule has 1 fully saturated rings. The summed E-state index contributed by atoms with van der Waals surface area (Å²) in [6, 6.07) is 7.84. The fourth-order valence-electron chi connectivity index (χ4n) is 2.14. The molecule has 0 amide bonds. The highest BCUT2D eigenvalue weighted by molar-refractivity contribution is 7.99. The molecule has 1 aromatic carbocycles. The zero-order valence-electron chi connectivity index (χ0n) is 11.1. The Hall–Kier alpha value is -1.53. The number of benzene rings is 1. The van der Waals surface area contributed by atoms with Crippen molar-refractivity contribution in [3.63, 3.8) is 0 Å². The van der Waals surface area contributed by atoms with Gasteiger partial charge >= 0.3 is 0 Å². The number of anilines is 1. The number of aromatic nitrogens is 2. The van der Waals surface area contributed by atoms with E-state index in [4.69, 9.17) is 15.0 Å². The summed E-state index contributed by atoms with van der Waals surface area (Å²) in [6.45, 7) is 0.750. The molecule has 20 heavy (non-hydrogen) atoms. The highest BCUT2D eigenvalue weighted by atomic mass is 32.2. The van der Waals surface area contributed by atoms with Gasteiger partial charge in [-0.15, -0.1) is 0 Å². The Balaban J connectivity index is 1.61. The van der Waals surface area contributed by atoms with E-state index in [9.17, 15) is 0 Å². The van der Waals surface area contributed by atoms with Crippen molar-refractivity contribution in [3.05, 3.63) is 41.5 Å². The Morgan fingerprint density at radius 1 is 1.30 bits per heavy atom. The maximum Gasteiger partial charge on any atom is 0.227 e. The Morgan fingerprint density at radius 3 is 3.00 bits per heavy atom. The van der Waals surface area contributed by atoms with Gasteiger partial charge in [-0.1, -0.05) is 23.4 Å². The summed E-state index contributed by atoms with van der Waals surface area (Å²) in [4.78, 5) is 4.42. The van der Waals surface area contributed by atoms with Crippen LogP contribution in [-0.2, 0) is 17.6 Å². The first kappa shape index (κ1) is 13.5. The van der Waals surface area contributed by atoms with Crippen LogP contribution < -0.4 is 5.73 Å². The maximum atomic E-state index is 5.92. The number of para-hydroxylation sites is 1. The third kappa shape index (κ3) is 3.13. The number of ether oxygens (including phenoxy) is 1. The van der Waals surface area contributed by atoms with Gasteiger partial charge in [-0.2, -0.15) is 16.7 Å². The van der Waals surface area contributed by atoms with Gasteiger partial charge < -0.3 is 15.0 Å². The lowest BCUT2D eigenvalue weighted by Crippen LogP contribution is -2.16. The summed E-state index contributed by atoms with van der Waals surface area (Å²) in [5.74, 6) is 3.23. The molecule has 0 spiro atoms. The highest BCUT2D eigenvalue weighted by Gasteiger charge is 2.21. The smallest absolute Gasteiger partial charge is 0.227 e. The van der Waals surface area contributed by atoms with Gasteiger partial charge in [0.05, 0.1) is 6.61 Å². The van der Waals surface area contributed by atoms with Crippen molar-refractivity contribution in [2.24, 2.45) is 0 Å². The molecule has 1 aliphatic rings. The maximum absolute atomic E-state index is 5.92. The average molecular weight is 291 g/mol. The van der Waals surface area contributed by atoms with E-state index in [2.05, 4.69) is 10.1 Å². The van der Waals surface area contributed by atoms with Crippen molar-refractivity contribution < 1.29 is 9.26 Å². The Bertz CT molecular complexity index is 567. The van der Waals surface area contributed by atoms with E-state index in [-0.39, 0.29) is 6.10 Å². The fourth-order valence-corrected chi connectivity index (χ4v) is 2.98. The van der Waals surface area contributed by atoms with Crippen LogP contribution in [0.4, 0.5) is 5.69 Å². The number of nitrogen functional groups attached to an aromatic ring is 1. The van der Waals surface area contributed by atoms with Gasteiger partial charge in [-0.05, 0) is 18.1 Å². The molecule has 1 atom stereocenters. The topological polar surface area (TPSA) is 74.2 Å². The number of hydrogen-bond donors (Lipinski definition) is 1. The van der Waals surface area contributed by atoms with E-state index in [1.165, 1.54) is 0 Å². The zero-order valence-corrected chi connectivity index (χ0v) is 11.9. The monoisotopic (exact) mass is 291 g/mol. The van der Waals surface area contributed by atoms with E-state index in [1.54, 1.807) is 0 Å². The van der Waals surface area contributed by atoms with Crippen LogP contribution in [-0.4, -0.2) is 28.3 Å². The fraction of sp³-hybridized carbons (Fsp3) is 0.429. The zero-order chi connectivity index (χ0) is 13.8. The number of rotatable bonds is 4. The molecule has 1 saturated heterocycles.